The van der Waals surface area contributed by atoms with Crippen LogP contribution < -0.4 is 53.2 Å². The van der Waals surface area contributed by atoms with Gasteiger partial charge in [0.1, 0.15) is 6.61 Å². The standard InChI is InChI=1S/C59H98N12O17/c1-47(72)62-14-26-80-34-37-83-29-17-65-55(75)42-60-12-22-70(44-57(77)67-19-31-85-38-35-81-27-15-63-48(2)73)24-25-71(45-58(78)68-20-32-86-39-36-82-28-16-64-49(3)74)23-13-61-43-56(76)66-18-30-84-40-41-87-33-21-69-59(79)88-46-54-52-10-6-4-8-50(52)51-9-5-7-11-53(51)54/h4-11,54,60-61H,12-46H2,1-3H3,(H,62,72)(H,63,73)(H,64,74)(H,65,75)(H,66,76)(H,67,77)(H,68,78)(H,69,79). The molecule has 0 saturated heterocycles. The van der Waals surface area contributed by atoms with Crippen LogP contribution >= 0.6 is 0 Å². The SMILES string of the molecule is CC(=O)NCCOCCOCCNC(=O)CNCCN(CCN(CCNCC(=O)NCCOCCOCCNC(=O)OCC1c2ccccc2-c2ccccc21)CC(=O)NCCOCCOCCNC(C)=O)CC(=O)NCCOCCOCCNC(C)=O. The first-order chi connectivity index (χ1) is 42.8. The van der Waals surface area contributed by atoms with Crippen molar-refractivity contribution in [1.29, 1.82) is 0 Å². The molecule has 29 heteroatoms. The van der Waals surface area contributed by atoms with Crippen molar-refractivity contribution < 1.29 is 81.0 Å². The molecule has 496 valence electrons. The molecule has 0 bridgehead atoms. The minimum absolute atomic E-state index is 0.0123. The summed E-state index contributed by atoms with van der Waals surface area (Å²) in [5.74, 6) is -1.42. The number of amides is 8. The van der Waals surface area contributed by atoms with E-state index in [1.807, 2.05) is 34.1 Å². The molecule has 0 aromatic heterocycles. The summed E-state index contributed by atoms with van der Waals surface area (Å²) in [6.07, 6.45) is -0.517. The maximum Gasteiger partial charge on any atom is 0.407 e. The molecule has 8 amide bonds. The molecule has 0 fully saturated rings. The van der Waals surface area contributed by atoms with Gasteiger partial charge in [-0.2, -0.15) is 0 Å². The van der Waals surface area contributed by atoms with E-state index in [0.29, 0.717) is 132 Å². The Bertz CT molecular complexity index is 2250. The molecule has 0 unspecified atom stereocenters. The van der Waals surface area contributed by atoms with Gasteiger partial charge in [-0.3, -0.25) is 43.4 Å². The molecule has 88 heavy (non-hydrogen) atoms. The quantitative estimate of drug-likeness (QED) is 0.0302. The molecule has 3 rings (SSSR count). The largest absolute Gasteiger partial charge is 0.449 e. The summed E-state index contributed by atoms with van der Waals surface area (Å²) < 4.78 is 49.7. The zero-order valence-electron chi connectivity index (χ0n) is 51.8. The number of carbonyl (C=O) groups excluding carboxylic acids is 8. The van der Waals surface area contributed by atoms with E-state index in [0.717, 1.165) is 22.3 Å². The molecule has 0 atom stereocenters. The third kappa shape index (κ3) is 39.4. The summed E-state index contributed by atoms with van der Waals surface area (Å²) in [5, 5.41) is 28.3. The molecule has 0 saturated carbocycles. The predicted octanol–water partition coefficient (Wildman–Crippen LogP) is -2.69. The number of carbonyl (C=O) groups is 8. The number of hydrogen-bond donors (Lipinski definition) is 10. The number of fused-ring (bicyclic) bond motifs is 3. The van der Waals surface area contributed by atoms with Crippen molar-refractivity contribution in [3.8, 4) is 11.1 Å². The monoisotopic (exact) mass is 1250 g/mol. The molecule has 29 nitrogen and oxygen atoms in total. The second-order valence-electron chi connectivity index (χ2n) is 19.9. The van der Waals surface area contributed by atoms with Gasteiger partial charge in [-0.05, 0) is 22.3 Å². The topological polar surface area (TPSA) is 346 Å². The van der Waals surface area contributed by atoms with E-state index in [2.05, 4.69) is 77.4 Å². The summed E-state index contributed by atoms with van der Waals surface area (Å²) in [6, 6.07) is 16.3. The summed E-state index contributed by atoms with van der Waals surface area (Å²) in [7, 11) is 0. The maximum absolute atomic E-state index is 13.3. The van der Waals surface area contributed by atoms with Crippen LogP contribution in [0, 0.1) is 0 Å². The van der Waals surface area contributed by atoms with Gasteiger partial charge in [-0.15, -0.1) is 0 Å². The summed E-state index contributed by atoms with van der Waals surface area (Å²) in [4.78, 5) is 101. The van der Waals surface area contributed by atoms with Gasteiger partial charge in [-0.1, -0.05) is 48.5 Å². The highest BCUT2D eigenvalue weighted by Crippen LogP contribution is 2.44. The molecular weight excluding hydrogens is 1150 g/mol. The van der Waals surface area contributed by atoms with Crippen molar-refractivity contribution in [2.75, 3.05) is 230 Å². The lowest BCUT2D eigenvalue weighted by atomic mass is 9.98. The van der Waals surface area contributed by atoms with Crippen molar-refractivity contribution >= 4 is 47.4 Å². The second kappa shape index (κ2) is 50.4. The van der Waals surface area contributed by atoms with Crippen LogP contribution in [-0.4, -0.2) is 287 Å². The Morgan fingerprint density at radius 2 is 0.648 bits per heavy atom. The molecular formula is C59H98N12O17. The zero-order chi connectivity index (χ0) is 63.5. The summed E-state index contributed by atoms with van der Waals surface area (Å²) in [6.45, 7) is 14.3. The molecule has 2 aromatic carbocycles. The van der Waals surface area contributed by atoms with E-state index in [1.54, 1.807) is 0 Å². The van der Waals surface area contributed by atoms with Crippen molar-refractivity contribution in [2.24, 2.45) is 0 Å². The van der Waals surface area contributed by atoms with E-state index in [4.69, 9.17) is 42.6 Å². The van der Waals surface area contributed by atoms with Crippen molar-refractivity contribution in [3.63, 3.8) is 0 Å². The predicted molar refractivity (Wildman–Crippen MR) is 326 cm³/mol. The lowest BCUT2D eigenvalue weighted by Crippen LogP contribution is -2.48. The maximum atomic E-state index is 13.3. The second-order valence-corrected chi connectivity index (χ2v) is 19.9. The summed E-state index contributed by atoms with van der Waals surface area (Å²) >= 11 is 0. The first-order valence-corrected chi connectivity index (χ1v) is 30.2. The fourth-order valence-corrected chi connectivity index (χ4v) is 8.45. The van der Waals surface area contributed by atoms with Gasteiger partial charge < -0.3 is 95.8 Å². The number of nitrogens with one attached hydrogen (secondary N) is 10. The highest BCUT2D eigenvalue weighted by atomic mass is 16.6. The fourth-order valence-electron chi connectivity index (χ4n) is 8.45. The van der Waals surface area contributed by atoms with Gasteiger partial charge in [0, 0.05) is 118 Å². The van der Waals surface area contributed by atoms with Crippen LogP contribution in [0.15, 0.2) is 48.5 Å². The van der Waals surface area contributed by atoms with Crippen LogP contribution in [0.25, 0.3) is 11.1 Å². The average molecular weight is 1250 g/mol. The van der Waals surface area contributed by atoms with Crippen LogP contribution in [0.1, 0.15) is 37.8 Å². The number of ether oxygens (including phenoxy) is 9. The highest BCUT2D eigenvalue weighted by molar-refractivity contribution is 5.80. The van der Waals surface area contributed by atoms with Gasteiger partial charge in [-0.25, -0.2) is 4.79 Å². The lowest BCUT2D eigenvalue weighted by Gasteiger charge is -2.27. The lowest BCUT2D eigenvalue weighted by molar-refractivity contribution is -0.124. The first-order valence-electron chi connectivity index (χ1n) is 30.2. The van der Waals surface area contributed by atoms with Gasteiger partial charge in [0.15, 0.2) is 0 Å². The molecule has 10 N–H and O–H groups in total. The van der Waals surface area contributed by atoms with E-state index in [9.17, 15) is 38.4 Å². The number of hydrogen-bond acceptors (Lipinski definition) is 21. The molecule has 1 aliphatic carbocycles. The van der Waals surface area contributed by atoms with Crippen molar-refractivity contribution in [1.82, 2.24) is 63.0 Å². The number of benzene rings is 2. The molecule has 0 spiro atoms. The third-order valence-electron chi connectivity index (χ3n) is 12.7. The molecule has 0 heterocycles. The number of rotatable bonds is 55. The number of nitrogens with zero attached hydrogens (tertiary/aromatic N) is 2. The Balaban J connectivity index is 1.40. The smallest absolute Gasteiger partial charge is 0.407 e. The minimum Gasteiger partial charge on any atom is -0.449 e. The van der Waals surface area contributed by atoms with Crippen LogP contribution in [0.5, 0.6) is 0 Å². The zero-order valence-corrected chi connectivity index (χ0v) is 51.8. The Hall–Kier alpha value is -6.48. The van der Waals surface area contributed by atoms with E-state index < -0.39 is 6.09 Å². The Morgan fingerprint density at radius 1 is 0.352 bits per heavy atom. The van der Waals surface area contributed by atoms with Gasteiger partial charge in [0.25, 0.3) is 0 Å². The van der Waals surface area contributed by atoms with Crippen LogP contribution in [0.4, 0.5) is 4.79 Å². The fraction of sp³-hybridized carbons (Fsp3) is 0.661. The Kier molecular flexibility index (Phi) is 43.4. The van der Waals surface area contributed by atoms with Crippen LogP contribution in [0.3, 0.4) is 0 Å². The van der Waals surface area contributed by atoms with Gasteiger partial charge in [0.2, 0.25) is 41.4 Å². The van der Waals surface area contributed by atoms with E-state index in [1.165, 1.54) is 20.8 Å². The number of alkyl carbamates (subject to hydrolysis) is 1. The Morgan fingerprint density at radius 3 is 0.977 bits per heavy atom. The van der Waals surface area contributed by atoms with E-state index >= 15 is 0 Å². The first kappa shape index (κ1) is 75.8. The Labute approximate surface area is 517 Å². The third-order valence-corrected chi connectivity index (χ3v) is 12.7. The molecule has 1 aliphatic rings. The minimum atomic E-state index is -0.517. The van der Waals surface area contributed by atoms with Gasteiger partial charge in [0.05, 0.1) is 132 Å². The van der Waals surface area contributed by atoms with Crippen LogP contribution in [-0.2, 0) is 76.2 Å². The van der Waals surface area contributed by atoms with Gasteiger partial charge >= 0.3 is 6.09 Å². The summed E-state index contributed by atoms with van der Waals surface area (Å²) in [5.41, 5.74) is 4.60. The molecule has 0 radical (unpaired) electrons. The van der Waals surface area contributed by atoms with Crippen LogP contribution in [0.2, 0.25) is 0 Å². The van der Waals surface area contributed by atoms with E-state index in [-0.39, 0.29) is 146 Å². The van der Waals surface area contributed by atoms with Crippen molar-refractivity contribution in [2.45, 2.75) is 26.7 Å². The molecule has 0 aliphatic heterocycles. The molecule has 2 aromatic rings. The average Bonchev–Trinajstić information content (AvgIpc) is 2.55. The normalized spacial score (nSPS) is 11.6. The highest BCUT2D eigenvalue weighted by Gasteiger charge is 2.29. The van der Waals surface area contributed by atoms with Crippen molar-refractivity contribution in [3.05, 3.63) is 59.7 Å².